The van der Waals surface area contributed by atoms with E-state index in [1.807, 2.05) is 6.55 Å². The molecule has 0 fully saturated rings. The van der Waals surface area contributed by atoms with Gasteiger partial charge in [-0.15, -0.1) is 0 Å². The van der Waals surface area contributed by atoms with Crippen LogP contribution in [0.2, 0.25) is 12.6 Å². The summed E-state index contributed by atoms with van der Waals surface area (Å²) in [7, 11) is -3.73. The molecule has 0 saturated carbocycles. The van der Waals surface area contributed by atoms with Crippen molar-refractivity contribution in [1.29, 1.82) is 0 Å². The topological polar surface area (TPSA) is 54.0 Å². The summed E-state index contributed by atoms with van der Waals surface area (Å²) in [6.45, 7) is 7.69. The number of carbonyl (C=O) groups excluding carboxylic acids is 1. The molecule has 0 heterocycles. The van der Waals surface area contributed by atoms with Gasteiger partial charge in [0.15, 0.2) is 0 Å². The number of unbranched alkanes of at least 4 members (excludes halogenated alkanes) is 9. The second-order valence-corrected chi connectivity index (χ2v) is 15.1. The Morgan fingerprint density at radius 3 is 2.12 bits per heavy atom. The predicted molar refractivity (Wildman–Crippen MR) is 115 cm³/mol. The van der Waals surface area contributed by atoms with Crippen LogP contribution in [-0.4, -0.2) is 45.0 Å². The molecule has 0 saturated heterocycles. The van der Waals surface area contributed by atoms with E-state index in [4.69, 9.17) is 16.8 Å². The zero-order chi connectivity index (χ0) is 18.8. The molecule has 0 N–H and O–H groups in total. The second kappa shape index (κ2) is 17.4. The van der Waals surface area contributed by atoms with Gasteiger partial charge >= 0.3 is 14.5 Å². The molecule has 1 atom stereocenters. The van der Waals surface area contributed by atoms with Crippen LogP contribution in [0.15, 0.2) is 12.7 Å². The monoisotopic (exact) mass is 422 g/mol. The summed E-state index contributed by atoms with van der Waals surface area (Å²) < 4.78 is 22.1. The number of hydrogen-bond acceptors (Lipinski definition) is 5. The number of hydrogen-bond donors (Lipinski definition) is 0. The van der Waals surface area contributed by atoms with E-state index in [2.05, 4.69) is 13.5 Å². The van der Waals surface area contributed by atoms with E-state index >= 15 is 0 Å². The van der Waals surface area contributed by atoms with Crippen LogP contribution < -0.4 is 0 Å². The molecule has 0 spiro atoms. The third-order valence-corrected chi connectivity index (χ3v) is 11.2. The predicted octanol–water partition coefficient (Wildman–Crippen LogP) is 2.04. The van der Waals surface area contributed by atoms with E-state index in [0.717, 1.165) is 12.5 Å². The summed E-state index contributed by atoms with van der Waals surface area (Å²) in [6, 6.07) is 0.836. The maximum absolute atomic E-state index is 11.6. The maximum atomic E-state index is 11.6. The van der Waals surface area contributed by atoms with Gasteiger partial charge in [-0.1, -0.05) is 77.7 Å². The maximum Gasteiger partial charge on any atom is 0.389 e. The van der Waals surface area contributed by atoms with Gasteiger partial charge < -0.3 is 16.8 Å². The van der Waals surface area contributed by atoms with Crippen molar-refractivity contribution in [3.8, 4) is 0 Å². The Morgan fingerprint density at radius 2 is 1.60 bits per heavy atom. The van der Waals surface area contributed by atoms with Gasteiger partial charge in [-0.3, -0.25) is 0 Å². The molecule has 25 heavy (non-hydrogen) atoms. The first-order chi connectivity index (χ1) is 12.1. The highest BCUT2D eigenvalue weighted by atomic mass is 28.4. The van der Waals surface area contributed by atoms with Crippen molar-refractivity contribution in [2.24, 2.45) is 0 Å². The van der Waals surface area contributed by atoms with Crippen molar-refractivity contribution in [3.63, 3.8) is 0 Å². The third kappa shape index (κ3) is 15.9. The molecule has 9 heteroatoms. The Morgan fingerprint density at radius 1 is 1.04 bits per heavy atom. The zero-order valence-corrected chi connectivity index (χ0v) is 22.3. The van der Waals surface area contributed by atoms with Crippen molar-refractivity contribution in [2.75, 3.05) is 0 Å². The molecule has 0 aromatic rings. The lowest BCUT2D eigenvalue weighted by Gasteiger charge is -2.26. The van der Waals surface area contributed by atoms with Crippen LogP contribution >= 0.6 is 0 Å². The molecule has 0 amide bonds. The van der Waals surface area contributed by atoms with Gasteiger partial charge in [-0.05, 0) is 6.55 Å². The minimum Gasteiger partial charge on any atom is -0.492 e. The summed E-state index contributed by atoms with van der Waals surface area (Å²) in [4.78, 5) is 11.6. The van der Waals surface area contributed by atoms with Crippen molar-refractivity contribution in [3.05, 3.63) is 12.7 Å². The molecule has 0 bridgehead atoms. The highest BCUT2D eigenvalue weighted by Gasteiger charge is 2.34. The van der Waals surface area contributed by atoms with E-state index in [9.17, 15) is 4.79 Å². The molecule has 5 nitrogen and oxygen atoms in total. The molecule has 0 aromatic heterocycles. The van der Waals surface area contributed by atoms with Crippen LogP contribution in [0.25, 0.3) is 0 Å². The van der Waals surface area contributed by atoms with Gasteiger partial charge in [0.2, 0.25) is 0 Å². The van der Waals surface area contributed by atoms with Gasteiger partial charge in [-0.25, -0.2) is 4.79 Å². The van der Waals surface area contributed by atoms with Crippen molar-refractivity contribution >= 4 is 45.0 Å². The normalized spacial score (nSPS) is 14.5. The van der Waals surface area contributed by atoms with E-state index in [0.29, 0.717) is 10.5 Å². The second-order valence-electron chi connectivity index (χ2n) is 6.56. The molecule has 1 unspecified atom stereocenters. The van der Waals surface area contributed by atoms with Crippen LogP contribution in [0.1, 0.15) is 71.1 Å². The van der Waals surface area contributed by atoms with E-state index in [-0.39, 0.29) is 5.97 Å². The van der Waals surface area contributed by atoms with Gasteiger partial charge in [-0.2, -0.15) is 0 Å². The lowest BCUT2D eigenvalue weighted by molar-refractivity contribution is -0.130. The van der Waals surface area contributed by atoms with E-state index < -0.39 is 28.6 Å². The fraction of sp³-hybridized carbons (Fsp3) is 0.812. The Balaban J connectivity index is 3.89. The average Bonchev–Trinajstić information content (AvgIpc) is 2.60. The first-order valence-corrected chi connectivity index (χ1v) is 15.3. The molecule has 0 aliphatic heterocycles. The van der Waals surface area contributed by atoms with Gasteiger partial charge in [0.1, 0.15) is 10.5 Å². The van der Waals surface area contributed by atoms with Gasteiger partial charge in [0.25, 0.3) is 20.0 Å². The quantitative estimate of drug-likeness (QED) is 0.192. The van der Waals surface area contributed by atoms with Crippen molar-refractivity contribution in [2.45, 2.75) is 83.7 Å². The number of rotatable bonds is 18. The van der Waals surface area contributed by atoms with Crippen molar-refractivity contribution < 1.29 is 21.6 Å². The fourth-order valence-corrected chi connectivity index (χ4v) is 9.46. The van der Waals surface area contributed by atoms with Crippen LogP contribution in [0.4, 0.5) is 0 Å². The zero-order valence-electron chi connectivity index (χ0n) is 16.5. The lowest BCUT2D eigenvalue weighted by atomic mass is 10.1. The molecule has 0 aliphatic carbocycles. The molecule has 0 radical (unpaired) electrons. The van der Waals surface area contributed by atoms with Crippen LogP contribution in [0, 0.1) is 0 Å². The Bertz CT molecular complexity index is 346. The Hall–Kier alpha value is -0.0425. The Kier molecular flexibility index (Phi) is 17.3. The third-order valence-electron chi connectivity index (χ3n) is 4.12. The minimum atomic E-state index is -2.48. The first-order valence-electron chi connectivity index (χ1n) is 9.64. The smallest absolute Gasteiger partial charge is 0.389 e. The van der Waals surface area contributed by atoms with Crippen LogP contribution in [-0.2, 0) is 21.6 Å². The summed E-state index contributed by atoms with van der Waals surface area (Å²) >= 11 is 0. The van der Waals surface area contributed by atoms with Crippen LogP contribution in [0.5, 0.6) is 0 Å². The average molecular weight is 423 g/mol. The summed E-state index contributed by atoms with van der Waals surface area (Å²) in [5.41, 5.74) is 0. The summed E-state index contributed by atoms with van der Waals surface area (Å²) in [6.07, 6.45) is 14.1. The Labute approximate surface area is 163 Å². The molecular formula is C16H38O5Si4. The molecule has 0 aliphatic rings. The number of carbonyl (C=O) groups is 1. The molecule has 0 aromatic carbocycles. The summed E-state index contributed by atoms with van der Waals surface area (Å²) in [5, 5.41) is 0. The molecule has 148 valence electrons. The SMILES string of the molecule is C=CC(=O)O[Si](C)(CCCCCCCCCCCC)O[SiH2]O[SiH2]O[SiH3]. The largest absolute Gasteiger partial charge is 0.492 e. The van der Waals surface area contributed by atoms with Crippen molar-refractivity contribution in [1.82, 2.24) is 0 Å². The van der Waals surface area contributed by atoms with E-state index in [1.54, 1.807) is 0 Å². The van der Waals surface area contributed by atoms with Gasteiger partial charge in [0.05, 0.1) is 0 Å². The van der Waals surface area contributed by atoms with Crippen LogP contribution in [0.3, 0.4) is 0 Å². The standard InChI is InChI=1S/C16H38O5Si4/c1-4-6-7-8-9-10-11-12-13-14-15-25(3,18-16(17)5-2)21-24-20-23-19-22/h5H,2,4,6-15,23-24H2,1,3,22H3. The molecule has 0 rings (SSSR count). The first kappa shape index (κ1) is 25.0. The summed E-state index contributed by atoms with van der Waals surface area (Å²) in [5.74, 6) is -0.383. The molecular weight excluding hydrogens is 385 g/mol. The highest BCUT2D eigenvalue weighted by Crippen LogP contribution is 2.19. The van der Waals surface area contributed by atoms with Gasteiger partial charge in [0, 0.05) is 12.1 Å². The fourth-order valence-electron chi connectivity index (χ4n) is 2.62. The van der Waals surface area contributed by atoms with E-state index in [1.165, 1.54) is 63.9 Å². The minimum absolute atomic E-state index is 0.383. The highest BCUT2D eigenvalue weighted by molar-refractivity contribution is 6.71. The lowest BCUT2D eigenvalue weighted by Crippen LogP contribution is -2.42.